The number of H-pyrrole nitrogens is 1. The summed E-state index contributed by atoms with van der Waals surface area (Å²) < 4.78 is 19.0. The molecule has 1 aliphatic rings. The van der Waals surface area contributed by atoms with Crippen LogP contribution < -0.4 is 11.0 Å². The van der Waals surface area contributed by atoms with E-state index >= 15 is 0 Å². The largest absolute Gasteiger partial charge is 0.469 e. The predicted octanol–water partition coefficient (Wildman–Crippen LogP) is 1.27. The minimum absolute atomic E-state index is 0.0295. The molecule has 1 amide bonds. The number of carbonyl (C=O) groups excluding carboxylic acids is 2. The fraction of sp³-hybridized carbons (Fsp3) is 0.333. The van der Waals surface area contributed by atoms with E-state index in [4.69, 9.17) is 0 Å². The van der Waals surface area contributed by atoms with E-state index in [2.05, 4.69) is 20.4 Å². The Kier molecular flexibility index (Phi) is 5.20. The van der Waals surface area contributed by atoms with Crippen molar-refractivity contribution in [2.24, 2.45) is 11.0 Å². The van der Waals surface area contributed by atoms with Crippen molar-refractivity contribution in [3.05, 3.63) is 51.7 Å². The van der Waals surface area contributed by atoms with E-state index in [9.17, 15) is 18.8 Å². The van der Waals surface area contributed by atoms with Crippen molar-refractivity contribution in [1.29, 1.82) is 0 Å². The summed E-state index contributed by atoms with van der Waals surface area (Å²) in [5, 5.41) is 6.85. The van der Waals surface area contributed by atoms with Gasteiger partial charge < -0.3 is 4.74 Å². The minimum Gasteiger partial charge on any atom is -0.469 e. The number of hydrazone groups is 1. The van der Waals surface area contributed by atoms with Crippen LogP contribution in [0, 0.1) is 11.7 Å². The molecule has 3 rings (SSSR count). The van der Waals surface area contributed by atoms with Gasteiger partial charge in [0.1, 0.15) is 5.82 Å². The average molecular weight is 374 g/mol. The van der Waals surface area contributed by atoms with Crippen LogP contribution in [0.3, 0.4) is 0 Å². The Labute approximate surface area is 154 Å². The number of aromatic amines is 1. The number of nitrogens with one attached hydrogen (secondary N) is 2. The SMILES string of the molecule is COC(=O)Cc1[nH]n(-c2ccc(F)cc2)c(=O)c1/C(C)=N/NC(=O)C1CC1. The van der Waals surface area contributed by atoms with Crippen LogP contribution in [-0.2, 0) is 20.7 Å². The number of halogens is 1. The van der Waals surface area contributed by atoms with Crippen LogP contribution in [-0.4, -0.2) is 34.5 Å². The Morgan fingerprint density at radius 2 is 2.00 bits per heavy atom. The highest BCUT2D eigenvalue weighted by Crippen LogP contribution is 2.28. The minimum atomic E-state index is -0.543. The monoisotopic (exact) mass is 374 g/mol. The first kappa shape index (κ1) is 18.6. The maximum absolute atomic E-state index is 13.2. The molecule has 2 N–H and O–H groups in total. The maximum Gasteiger partial charge on any atom is 0.311 e. The highest BCUT2D eigenvalue weighted by molar-refractivity contribution is 6.00. The number of amides is 1. The van der Waals surface area contributed by atoms with E-state index < -0.39 is 17.3 Å². The zero-order valence-corrected chi connectivity index (χ0v) is 14.9. The van der Waals surface area contributed by atoms with Gasteiger partial charge in [0.15, 0.2) is 0 Å². The summed E-state index contributed by atoms with van der Waals surface area (Å²) in [7, 11) is 1.24. The molecule has 0 radical (unpaired) electrons. The number of methoxy groups -OCH3 is 1. The van der Waals surface area contributed by atoms with E-state index in [1.54, 1.807) is 6.92 Å². The van der Waals surface area contributed by atoms with E-state index in [0.29, 0.717) is 5.69 Å². The van der Waals surface area contributed by atoms with E-state index in [1.165, 1.54) is 36.1 Å². The number of esters is 1. The van der Waals surface area contributed by atoms with Crippen molar-refractivity contribution < 1.29 is 18.7 Å². The first-order chi connectivity index (χ1) is 12.9. The molecule has 1 heterocycles. The molecule has 1 aromatic heterocycles. The molecule has 0 aliphatic heterocycles. The van der Waals surface area contributed by atoms with Gasteiger partial charge in [0, 0.05) is 5.92 Å². The van der Waals surface area contributed by atoms with Gasteiger partial charge in [-0.3, -0.25) is 19.5 Å². The van der Waals surface area contributed by atoms with Crippen LogP contribution in [0.15, 0.2) is 34.2 Å². The van der Waals surface area contributed by atoms with Gasteiger partial charge in [0.2, 0.25) is 5.91 Å². The first-order valence-electron chi connectivity index (χ1n) is 8.42. The smallest absolute Gasteiger partial charge is 0.311 e. The standard InChI is InChI=1S/C18H19FN4O4/c1-10(20-21-17(25)11-3-4-11)16-14(9-15(24)27-2)22-23(18(16)26)13-7-5-12(19)6-8-13/h5-8,11,22H,3-4,9H2,1-2H3,(H,21,25)/b20-10+. The second kappa shape index (κ2) is 7.56. The lowest BCUT2D eigenvalue weighted by Gasteiger charge is -2.02. The van der Waals surface area contributed by atoms with Gasteiger partial charge >= 0.3 is 5.97 Å². The molecule has 0 bridgehead atoms. The summed E-state index contributed by atoms with van der Waals surface area (Å²) in [6.45, 7) is 1.56. The summed E-state index contributed by atoms with van der Waals surface area (Å²) in [5.74, 6) is -1.20. The number of ether oxygens (including phenoxy) is 1. The highest BCUT2D eigenvalue weighted by Gasteiger charge is 2.29. The molecule has 1 fully saturated rings. The number of nitrogens with zero attached hydrogens (tertiary/aromatic N) is 2. The summed E-state index contributed by atoms with van der Waals surface area (Å²) >= 11 is 0. The third kappa shape index (κ3) is 4.13. The Balaban J connectivity index is 1.99. The molecular weight excluding hydrogens is 355 g/mol. The number of carbonyl (C=O) groups is 2. The molecular formula is C18H19FN4O4. The number of rotatable bonds is 6. The second-order valence-electron chi connectivity index (χ2n) is 6.28. The van der Waals surface area contributed by atoms with Crippen LogP contribution in [0.2, 0.25) is 0 Å². The molecule has 0 atom stereocenters. The van der Waals surface area contributed by atoms with E-state index in [1.807, 2.05) is 0 Å². The Bertz CT molecular complexity index is 955. The van der Waals surface area contributed by atoms with Gasteiger partial charge in [-0.25, -0.2) is 14.5 Å². The number of hydrogen-bond donors (Lipinski definition) is 2. The van der Waals surface area contributed by atoms with Gasteiger partial charge in [0.25, 0.3) is 5.56 Å². The zero-order chi connectivity index (χ0) is 19.6. The highest BCUT2D eigenvalue weighted by atomic mass is 19.1. The number of benzene rings is 1. The van der Waals surface area contributed by atoms with Crippen molar-refractivity contribution >= 4 is 17.6 Å². The quantitative estimate of drug-likeness (QED) is 0.451. The van der Waals surface area contributed by atoms with Gasteiger partial charge in [-0.15, -0.1) is 0 Å². The van der Waals surface area contributed by atoms with Gasteiger partial charge in [-0.1, -0.05) is 0 Å². The van der Waals surface area contributed by atoms with Crippen LogP contribution in [0.4, 0.5) is 4.39 Å². The van der Waals surface area contributed by atoms with Crippen molar-refractivity contribution in [3.63, 3.8) is 0 Å². The average Bonchev–Trinajstić information content (AvgIpc) is 3.45. The molecule has 1 aromatic carbocycles. The van der Waals surface area contributed by atoms with Gasteiger partial charge in [-0.05, 0) is 44.0 Å². The van der Waals surface area contributed by atoms with Crippen molar-refractivity contribution in [3.8, 4) is 5.69 Å². The number of hydrogen-bond acceptors (Lipinski definition) is 5. The third-order valence-corrected chi connectivity index (χ3v) is 4.24. The lowest BCUT2D eigenvalue weighted by molar-refractivity contribution is -0.139. The van der Waals surface area contributed by atoms with Crippen molar-refractivity contribution in [1.82, 2.24) is 15.2 Å². The summed E-state index contributed by atoms with van der Waals surface area (Å²) in [4.78, 5) is 36.4. The maximum atomic E-state index is 13.2. The fourth-order valence-electron chi connectivity index (χ4n) is 2.60. The molecule has 0 spiro atoms. The molecule has 27 heavy (non-hydrogen) atoms. The molecule has 1 saturated carbocycles. The Morgan fingerprint density at radius 1 is 1.33 bits per heavy atom. The molecule has 0 unspecified atom stereocenters. The zero-order valence-electron chi connectivity index (χ0n) is 14.9. The topological polar surface area (TPSA) is 106 Å². The second-order valence-corrected chi connectivity index (χ2v) is 6.28. The molecule has 2 aromatic rings. The Hall–Kier alpha value is -3.23. The van der Waals surface area contributed by atoms with Crippen molar-refractivity contribution in [2.45, 2.75) is 26.2 Å². The first-order valence-corrected chi connectivity index (χ1v) is 8.42. The fourth-order valence-corrected chi connectivity index (χ4v) is 2.60. The molecule has 142 valence electrons. The molecule has 8 nitrogen and oxygen atoms in total. The third-order valence-electron chi connectivity index (χ3n) is 4.24. The summed E-state index contributed by atoms with van der Waals surface area (Å²) in [5.41, 5.74) is 3.07. The van der Waals surface area contributed by atoms with Crippen molar-refractivity contribution in [2.75, 3.05) is 7.11 Å². The lowest BCUT2D eigenvalue weighted by Crippen LogP contribution is -2.24. The summed E-state index contributed by atoms with van der Waals surface area (Å²) in [6.07, 6.45) is 1.48. The molecule has 1 aliphatic carbocycles. The normalized spacial score (nSPS) is 14.1. The Morgan fingerprint density at radius 3 is 2.59 bits per heavy atom. The number of aromatic nitrogens is 2. The van der Waals surface area contributed by atoms with Crippen LogP contribution in [0.25, 0.3) is 5.69 Å². The van der Waals surface area contributed by atoms with Crippen LogP contribution in [0.1, 0.15) is 31.0 Å². The predicted molar refractivity (Wildman–Crippen MR) is 95.1 cm³/mol. The van der Waals surface area contributed by atoms with E-state index in [-0.39, 0.29) is 35.2 Å². The lowest BCUT2D eigenvalue weighted by atomic mass is 10.1. The van der Waals surface area contributed by atoms with Gasteiger partial charge in [-0.2, -0.15) is 5.10 Å². The van der Waals surface area contributed by atoms with Crippen LogP contribution in [0.5, 0.6) is 0 Å². The van der Waals surface area contributed by atoms with Crippen LogP contribution >= 0.6 is 0 Å². The molecule has 9 heteroatoms. The molecule has 0 saturated heterocycles. The van der Waals surface area contributed by atoms with Gasteiger partial charge in [0.05, 0.1) is 36.2 Å². The summed E-state index contributed by atoms with van der Waals surface area (Å²) in [6, 6.07) is 5.30. The van der Waals surface area contributed by atoms with E-state index in [0.717, 1.165) is 12.8 Å².